The highest BCUT2D eigenvalue weighted by Gasteiger charge is 2.10. The summed E-state index contributed by atoms with van der Waals surface area (Å²) in [6.45, 7) is 4.24. The Morgan fingerprint density at radius 1 is 1.41 bits per heavy atom. The number of hydrogen-bond acceptors (Lipinski definition) is 3. The zero-order valence-electron chi connectivity index (χ0n) is 10.2. The van der Waals surface area contributed by atoms with Gasteiger partial charge in [-0.2, -0.15) is 0 Å². The standard InChI is InChI=1S/C13H15NOS2/c1-4-11-12(14-13(16)17-11)10-6-5-9(15-3)7-8(10)2/h5-7H,4H2,1-3H3,(H,14,16). The molecular formula is C13H15NOS2. The Bertz CT molecular complexity index is 583. The first-order valence-corrected chi connectivity index (χ1v) is 6.75. The highest BCUT2D eigenvalue weighted by atomic mass is 32.1. The van der Waals surface area contributed by atoms with Crippen LogP contribution in [0.4, 0.5) is 0 Å². The van der Waals surface area contributed by atoms with E-state index in [0.717, 1.165) is 21.8 Å². The number of ether oxygens (including phenoxy) is 1. The first kappa shape index (κ1) is 12.3. The van der Waals surface area contributed by atoms with Crippen molar-refractivity contribution < 1.29 is 4.74 Å². The van der Waals surface area contributed by atoms with Crippen molar-refractivity contribution in [3.63, 3.8) is 0 Å². The lowest BCUT2D eigenvalue weighted by molar-refractivity contribution is 0.414. The topological polar surface area (TPSA) is 25.0 Å². The predicted molar refractivity (Wildman–Crippen MR) is 75.6 cm³/mol. The highest BCUT2D eigenvalue weighted by molar-refractivity contribution is 7.73. The van der Waals surface area contributed by atoms with Crippen molar-refractivity contribution in [1.82, 2.24) is 4.98 Å². The molecule has 2 rings (SSSR count). The van der Waals surface area contributed by atoms with Gasteiger partial charge in [-0.05, 0) is 49.3 Å². The molecule has 0 aliphatic heterocycles. The number of rotatable bonds is 3. The third kappa shape index (κ3) is 2.42. The lowest BCUT2D eigenvalue weighted by atomic mass is 10.0. The monoisotopic (exact) mass is 265 g/mol. The number of aryl methyl sites for hydroxylation is 2. The molecule has 0 radical (unpaired) electrons. The molecule has 0 fully saturated rings. The van der Waals surface area contributed by atoms with E-state index in [4.69, 9.17) is 17.0 Å². The lowest BCUT2D eigenvalue weighted by Crippen LogP contribution is -1.89. The SMILES string of the molecule is CCc1sc(=S)[nH]c1-c1ccc(OC)cc1C. The Morgan fingerprint density at radius 3 is 2.76 bits per heavy atom. The van der Waals surface area contributed by atoms with Crippen LogP contribution in [0, 0.1) is 10.9 Å². The van der Waals surface area contributed by atoms with Gasteiger partial charge in [0.15, 0.2) is 3.95 Å². The molecule has 4 heteroatoms. The van der Waals surface area contributed by atoms with Crippen molar-refractivity contribution in [2.75, 3.05) is 7.11 Å². The second-order valence-corrected chi connectivity index (χ2v) is 5.62. The maximum atomic E-state index is 5.22. The summed E-state index contributed by atoms with van der Waals surface area (Å²) in [5.41, 5.74) is 3.56. The van der Waals surface area contributed by atoms with E-state index in [1.807, 2.05) is 12.1 Å². The first-order chi connectivity index (χ1) is 8.15. The predicted octanol–water partition coefficient (Wildman–Crippen LogP) is 4.35. The van der Waals surface area contributed by atoms with Crippen LogP contribution in [0.3, 0.4) is 0 Å². The van der Waals surface area contributed by atoms with Crippen LogP contribution in [-0.4, -0.2) is 12.1 Å². The molecule has 0 saturated carbocycles. The quantitative estimate of drug-likeness (QED) is 0.834. The summed E-state index contributed by atoms with van der Waals surface area (Å²) >= 11 is 6.87. The fourth-order valence-corrected chi connectivity index (χ4v) is 3.06. The highest BCUT2D eigenvalue weighted by Crippen LogP contribution is 2.31. The largest absolute Gasteiger partial charge is 0.497 e. The van der Waals surface area contributed by atoms with Gasteiger partial charge in [0, 0.05) is 10.4 Å². The molecule has 2 nitrogen and oxygen atoms in total. The molecule has 0 spiro atoms. The number of aromatic nitrogens is 1. The molecule has 0 atom stereocenters. The third-order valence-electron chi connectivity index (χ3n) is 2.75. The van der Waals surface area contributed by atoms with E-state index in [0.29, 0.717) is 0 Å². The number of aromatic amines is 1. The van der Waals surface area contributed by atoms with Crippen LogP contribution in [-0.2, 0) is 6.42 Å². The molecule has 0 aliphatic carbocycles. The van der Waals surface area contributed by atoms with Gasteiger partial charge in [-0.1, -0.05) is 6.92 Å². The third-order valence-corrected chi connectivity index (χ3v) is 4.12. The van der Waals surface area contributed by atoms with Crippen LogP contribution in [0.5, 0.6) is 5.75 Å². The van der Waals surface area contributed by atoms with Crippen LogP contribution in [0.2, 0.25) is 0 Å². The molecule has 1 N–H and O–H groups in total. The van der Waals surface area contributed by atoms with Crippen LogP contribution in [0.15, 0.2) is 18.2 Å². The molecule has 1 aromatic heterocycles. The normalized spacial score (nSPS) is 10.5. The lowest BCUT2D eigenvalue weighted by Gasteiger charge is -2.08. The first-order valence-electron chi connectivity index (χ1n) is 5.52. The van der Waals surface area contributed by atoms with Gasteiger partial charge in [-0.3, -0.25) is 0 Å². The van der Waals surface area contributed by atoms with Crippen LogP contribution >= 0.6 is 23.6 Å². The van der Waals surface area contributed by atoms with Crippen LogP contribution in [0.25, 0.3) is 11.3 Å². The van der Waals surface area contributed by atoms with Gasteiger partial charge in [0.25, 0.3) is 0 Å². The molecule has 2 aromatic rings. The summed E-state index contributed by atoms with van der Waals surface area (Å²) in [6.07, 6.45) is 0.999. The smallest absolute Gasteiger partial charge is 0.159 e. The Morgan fingerprint density at radius 2 is 2.18 bits per heavy atom. The van der Waals surface area contributed by atoms with Gasteiger partial charge >= 0.3 is 0 Å². The van der Waals surface area contributed by atoms with E-state index < -0.39 is 0 Å². The Kier molecular flexibility index (Phi) is 3.64. The van der Waals surface area contributed by atoms with E-state index in [1.165, 1.54) is 16.0 Å². The number of methoxy groups -OCH3 is 1. The van der Waals surface area contributed by atoms with E-state index in [-0.39, 0.29) is 0 Å². The minimum atomic E-state index is 0.840. The Hall–Kier alpha value is -1.13. The summed E-state index contributed by atoms with van der Waals surface area (Å²) in [7, 11) is 1.68. The van der Waals surface area contributed by atoms with E-state index >= 15 is 0 Å². The number of nitrogens with one attached hydrogen (secondary N) is 1. The molecule has 1 aromatic carbocycles. The van der Waals surface area contributed by atoms with E-state index in [1.54, 1.807) is 18.4 Å². The molecule has 0 saturated heterocycles. The van der Waals surface area contributed by atoms with Crippen LogP contribution < -0.4 is 4.74 Å². The fourth-order valence-electron chi connectivity index (χ4n) is 1.87. The van der Waals surface area contributed by atoms with Crippen molar-refractivity contribution in [2.24, 2.45) is 0 Å². The zero-order chi connectivity index (χ0) is 12.4. The maximum absolute atomic E-state index is 5.22. The molecule has 0 amide bonds. The summed E-state index contributed by atoms with van der Waals surface area (Å²) in [4.78, 5) is 4.59. The van der Waals surface area contributed by atoms with Gasteiger partial charge in [0.05, 0.1) is 12.8 Å². The number of thiazole rings is 1. The molecule has 1 heterocycles. The average molecular weight is 265 g/mol. The van der Waals surface area contributed by atoms with E-state index in [9.17, 15) is 0 Å². The van der Waals surface area contributed by atoms with Gasteiger partial charge < -0.3 is 9.72 Å². The maximum Gasteiger partial charge on any atom is 0.159 e. The molecular weight excluding hydrogens is 250 g/mol. The molecule has 0 unspecified atom stereocenters. The number of benzene rings is 1. The van der Waals surface area contributed by atoms with Crippen molar-refractivity contribution in [3.05, 3.63) is 32.6 Å². The van der Waals surface area contributed by atoms with Crippen LogP contribution in [0.1, 0.15) is 17.4 Å². The fraction of sp³-hybridized carbons (Fsp3) is 0.308. The molecule has 17 heavy (non-hydrogen) atoms. The van der Waals surface area contributed by atoms with Gasteiger partial charge in [-0.25, -0.2) is 0 Å². The molecule has 0 bridgehead atoms. The minimum Gasteiger partial charge on any atom is -0.497 e. The Labute approximate surface area is 110 Å². The molecule has 90 valence electrons. The average Bonchev–Trinajstić information content (AvgIpc) is 2.70. The number of hydrogen-bond donors (Lipinski definition) is 1. The second kappa shape index (κ2) is 5.02. The van der Waals surface area contributed by atoms with Crippen molar-refractivity contribution in [3.8, 4) is 17.0 Å². The summed E-state index contributed by atoms with van der Waals surface area (Å²) < 4.78 is 6.06. The van der Waals surface area contributed by atoms with E-state index in [2.05, 4.69) is 24.9 Å². The summed E-state index contributed by atoms with van der Waals surface area (Å²) in [6, 6.07) is 6.11. The van der Waals surface area contributed by atoms with Gasteiger partial charge in [0.1, 0.15) is 5.75 Å². The Balaban J connectivity index is 2.56. The van der Waals surface area contributed by atoms with Crippen molar-refractivity contribution in [2.45, 2.75) is 20.3 Å². The summed E-state index contributed by atoms with van der Waals surface area (Å²) in [5.74, 6) is 0.887. The van der Waals surface area contributed by atoms with Crippen molar-refractivity contribution >= 4 is 23.6 Å². The summed E-state index contributed by atoms with van der Waals surface area (Å²) in [5, 5.41) is 0. The van der Waals surface area contributed by atoms with Gasteiger partial charge in [-0.15, -0.1) is 11.3 Å². The zero-order valence-corrected chi connectivity index (χ0v) is 11.8. The minimum absolute atomic E-state index is 0.840. The molecule has 0 aliphatic rings. The number of H-pyrrole nitrogens is 1. The van der Waals surface area contributed by atoms with Gasteiger partial charge in [0.2, 0.25) is 0 Å². The van der Waals surface area contributed by atoms with Crippen molar-refractivity contribution in [1.29, 1.82) is 0 Å². The second-order valence-electron chi connectivity index (χ2n) is 3.85.